The summed E-state index contributed by atoms with van der Waals surface area (Å²) in [7, 11) is 1.58. The number of pyridine rings is 1. The Bertz CT molecular complexity index is 698. The van der Waals surface area contributed by atoms with E-state index in [0.29, 0.717) is 6.54 Å². The van der Waals surface area contributed by atoms with Crippen molar-refractivity contribution in [3.63, 3.8) is 0 Å². The van der Waals surface area contributed by atoms with Gasteiger partial charge in [-0.05, 0) is 35.7 Å². The van der Waals surface area contributed by atoms with Crippen LogP contribution in [-0.2, 0) is 23.9 Å². The number of amides is 1. The molecule has 0 N–H and O–H groups in total. The van der Waals surface area contributed by atoms with Crippen LogP contribution in [-0.4, -0.2) is 22.8 Å². The van der Waals surface area contributed by atoms with E-state index < -0.39 is 11.7 Å². The first-order valence-corrected chi connectivity index (χ1v) is 7.07. The number of carbonyl (C=O) groups is 1. The zero-order chi connectivity index (χ0) is 17.0. The molecule has 1 amide bonds. The highest BCUT2D eigenvalue weighted by molar-refractivity contribution is 5.79. The second-order valence-corrected chi connectivity index (χ2v) is 5.38. The van der Waals surface area contributed by atoms with Gasteiger partial charge in [0.15, 0.2) is 0 Å². The largest absolute Gasteiger partial charge is 0.416 e. The lowest BCUT2D eigenvalue weighted by molar-refractivity contribution is -0.138. The number of hydrogen-bond donors (Lipinski definition) is 0. The molecule has 1 aromatic heterocycles. The van der Waals surface area contributed by atoms with Crippen LogP contribution in [0.25, 0.3) is 0 Å². The molecule has 0 fully saturated rings. The number of hydrogen-bond acceptors (Lipinski definition) is 2. The molecule has 1 heterocycles. The quantitative estimate of drug-likeness (QED) is 0.861. The molecule has 1 aromatic carbocycles. The summed E-state index contributed by atoms with van der Waals surface area (Å²) in [5.41, 5.74) is 1.08. The Morgan fingerprint density at radius 2 is 1.87 bits per heavy atom. The Morgan fingerprint density at radius 1 is 1.17 bits per heavy atom. The molecule has 6 heteroatoms. The number of aromatic nitrogens is 1. The summed E-state index contributed by atoms with van der Waals surface area (Å²) in [5, 5.41) is 0. The summed E-state index contributed by atoms with van der Waals surface area (Å²) in [6, 6.07) is 6.95. The van der Waals surface area contributed by atoms with Crippen LogP contribution >= 0.6 is 0 Å². The summed E-state index contributed by atoms with van der Waals surface area (Å²) < 4.78 is 38.9. The number of benzene rings is 1. The first kappa shape index (κ1) is 17.0. The van der Waals surface area contributed by atoms with Crippen LogP contribution in [0.2, 0.25) is 0 Å². The molecule has 0 unspecified atom stereocenters. The lowest BCUT2D eigenvalue weighted by Crippen LogP contribution is -2.28. The molecule has 0 radical (unpaired) electrons. The van der Waals surface area contributed by atoms with Crippen molar-refractivity contribution in [1.29, 1.82) is 0 Å². The average Bonchev–Trinajstić information content (AvgIpc) is 2.49. The van der Waals surface area contributed by atoms with E-state index in [1.54, 1.807) is 25.5 Å². The minimum Gasteiger partial charge on any atom is -0.341 e. The van der Waals surface area contributed by atoms with E-state index in [1.165, 1.54) is 23.1 Å². The maximum absolute atomic E-state index is 13.0. The molecule has 2 aromatic rings. The molecule has 0 spiro atoms. The van der Waals surface area contributed by atoms with Gasteiger partial charge in [0.05, 0.1) is 12.0 Å². The lowest BCUT2D eigenvalue weighted by atomic mass is 10.0. The third-order valence-corrected chi connectivity index (χ3v) is 3.63. The molecular weight excluding hydrogens is 305 g/mol. The summed E-state index contributed by atoms with van der Waals surface area (Å²) >= 11 is 0. The fraction of sp³-hybridized carbons (Fsp3) is 0.294. The van der Waals surface area contributed by atoms with E-state index in [2.05, 4.69) is 4.98 Å². The first-order chi connectivity index (χ1) is 10.8. The van der Waals surface area contributed by atoms with E-state index in [4.69, 9.17) is 0 Å². The van der Waals surface area contributed by atoms with Gasteiger partial charge in [0.25, 0.3) is 0 Å². The number of carbonyl (C=O) groups excluding carboxylic acids is 1. The van der Waals surface area contributed by atoms with Crippen LogP contribution in [0.4, 0.5) is 13.2 Å². The van der Waals surface area contributed by atoms with Crippen molar-refractivity contribution in [3.05, 3.63) is 65.0 Å². The number of alkyl halides is 3. The van der Waals surface area contributed by atoms with Crippen molar-refractivity contribution in [2.75, 3.05) is 7.05 Å². The predicted molar refractivity (Wildman–Crippen MR) is 80.6 cm³/mol. The Kier molecular flexibility index (Phi) is 5.03. The Balaban J connectivity index is 2.12. The molecule has 23 heavy (non-hydrogen) atoms. The lowest BCUT2D eigenvalue weighted by Gasteiger charge is -2.19. The van der Waals surface area contributed by atoms with Gasteiger partial charge in [-0.1, -0.05) is 18.2 Å². The van der Waals surface area contributed by atoms with Gasteiger partial charge in [0.1, 0.15) is 0 Å². The highest BCUT2D eigenvalue weighted by atomic mass is 19.4. The second kappa shape index (κ2) is 6.81. The average molecular weight is 322 g/mol. The van der Waals surface area contributed by atoms with E-state index in [0.717, 1.165) is 17.2 Å². The van der Waals surface area contributed by atoms with Gasteiger partial charge in [0, 0.05) is 26.0 Å². The number of nitrogens with zero attached hydrogens (tertiary/aromatic N) is 2. The van der Waals surface area contributed by atoms with Gasteiger partial charge in [-0.15, -0.1) is 0 Å². The summed E-state index contributed by atoms with van der Waals surface area (Å²) in [5.74, 6) is -0.363. The Hall–Kier alpha value is -2.37. The molecule has 0 aliphatic rings. The molecule has 0 aliphatic carbocycles. The van der Waals surface area contributed by atoms with Crippen molar-refractivity contribution in [2.24, 2.45) is 0 Å². The topological polar surface area (TPSA) is 33.2 Å². The molecule has 0 aliphatic heterocycles. The third kappa shape index (κ3) is 4.31. The van der Waals surface area contributed by atoms with Crippen LogP contribution in [0.3, 0.4) is 0 Å². The smallest absolute Gasteiger partial charge is 0.341 e. The van der Waals surface area contributed by atoms with Gasteiger partial charge in [0.2, 0.25) is 5.91 Å². The molecular formula is C17H17F3N2O. The fourth-order valence-corrected chi connectivity index (χ4v) is 2.27. The van der Waals surface area contributed by atoms with Crippen molar-refractivity contribution in [1.82, 2.24) is 9.88 Å². The standard InChI is InChI=1S/C17H17F3N2O/c1-12-10-21-8-7-14(12)11-22(2)16(23)9-13-5-3-4-6-15(13)17(18,19)20/h3-8,10H,9,11H2,1-2H3. The van der Waals surface area contributed by atoms with Gasteiger partial charge >= 0.3 is 6.18 Å². The van der Waals surface area contributed by atoms with Crippen molar-refractivity contribution >= 4 is 5.91 Å². The number of rotatable bonds is 4. The molecule has 0 bridgehead atoms. The van der Waals surface area contributed by atoms with Crippen LogP contribution in [0.15, 0.2) is 42.7 Å². The van der Waals surface area contributed by atoms with Gasteiger partial charge in [-0.2, -0.15) is 13.2 Å². The highest BCUT2D eigenvalue weighted by Crippen LogP contribution is 2.32. The van der Waals surface area contributed by atoms with Gasteiger partial charge in [-0.25, -0.2) is 0 Å². The highest BCUT2D eigenvalue weighted by Gasteiger charge is 2.33. The number of likely N-dealkylation sites (N-methyl/N-ethyl adjacent to an activating group) is 1. The van der Waals surface area contributed by atoms with Crippen LogP contribution in [0.5, 0.6) is 0 Å². The van der Waals surface area contributed by atoms with Gasteiger partial charge < -0.3 is 4.90 Å². The molecule has 3 nitrogen and oxygen atoms in total. The number of halogens is 3. The zero-order valence-corrected chi connectivity index (χ0v) is 12.9. The van der Waals surface area contributed by atoms with Crippen LogP contribution in [0, 0.1) is 6.92 Å². The minimum atomic E-state index is -4.46. The summed E-state index contributed by atoms with van der Waals surface area (Å²) in [4.78, 5) is 17.7. The van der Waals surface area contributed by atoms with Crippen LogP contribution < -0.4 is 0 Å². The van der Waals surface area contributed by atoms with E-state index in [9.17, 15) is 18.0 Å². The Labute approximate surface area is 132 Å². The monoisotopic (exact) mass is 322 g/mol. The fourth-order valence-electron chi connectivity index (χ4n) is 2.27. The predicted octanol–water partition coefficient (Wildman–Crippen LogP) is 3.61. The number of aryl methyl sites for hydroxylation is 1. The molecule has 0 saturated carbocycles. The molecule has 0 saturated heterocycles. The third-order valence-electron chi connectivity index (χ3n) is 3.63. The molecule has 0 atom stereocenters. The van der Waals surface area contributed by atoms with E-state index >= 15 is 0 Å². The molecule has 2 rings (SSSR count). The second-order valence-electron chi connectivity index (χ2n) is 5.38. The van der Waals surface area contributed by atoms with Crippen molar-refractivity contribution < 1.29 is 18.0 Å². The summed E-state index contributed by atoms with van der Waals surface area (Å²) in [6.45, 7) is 2.21. The Morgan fingerprint density at radius 3 is 2.52 bits per heavy atom. The van der Waals surface area contributed by atoms with Crippen LogP contribution in [0.1, 0.15) is 22.3 Å². The first-order valence-electron chi connectivity index (χ1n) is 7.07. The van der Waals surface area contributed by atoms with E-state index in [-0.39, 0.29) is 17.9 Å². The maximum atomic E-state index is 13.0. The maximum Gasteiger partial charge on any atom is 0.416 e. The minimum absolute atomic E-state index is 0.0108. The van der Waals surface area contributed by atoms with E-state index in [1.807, 2.05) is 6.92 Å². The van der Waals surface area contributed by atoms with Crippen molar-refractivity contribution in [2.45, 2.75) is 26.1 Å². The van der Waals surface area contributed by atoms with Crippen molar-refractivity contribution in [3.8, 4) is 0 Å². The summed E-state index contributed by atoms with van der Waals surface area (Å²) in [6.07, 6.45) is -1.43. The van der Waals surface area contributed by atoms with Gasteiger partial charge in [-0.3, -0.25) is 9.78 Å². The zero-order valence-electron chi connectivity index (χ0n) is 12.9. The SMILES string of the molecule is Cc1cnccc1CN(C)C(=O)Cc1ccccc1C(F)(F)F. The molecule has 122 valence electrons. The normalized spacial score (nSPS) is 11.3.